The van der Waals surface area contributed by atoms with Gasteiger partial charge >= 0.3 is 17.6 Å². The van der Waals surface area contributed by atoms with E-state index in [-0.39, 0.29) is 29.4 Å². The van der Waals surface area contributed by atoms with Gasteiger partial charge in [-0.1, -0.05) is 6.07 Å². The van der Waals surface area contributed by atoms with Crippen molar-refractivity contribution in [1.29, 1.82) is 0 Å². The first-order chi connectivity index (χ1) is 19.3. The fourth-order valence-electron chi connectivity index (χ4n) is 3.85. The highest BCUT2D eigenvalue weighted by Crippen LogP contribution is 2.30. The number of esters is 1. The largest absolute Gasteiger partial charge is 0.486 e. The maximum Gasteiger partial charge on any atom is 0.343 e. The van der Waals surface area contributed by atoms with Crippen LogP contribution in [0.3, 0.4) is 0 Å². The summed E-state index contributed by atoms with van der Waals surface area (Å²) in [5.74, 6) is -0.503. The topological polar surface area (TPSA) is 147 Å². The molecule has 0 spiro atoms. The fourth-order valence-corrected chi connectivity index (χ4v) is 3.85. The first-order valence-corrected chi connectivity index (χ1v) is 12.0. The van der Waals surface area contributed by atoms with Crippen molar-refractivity contribution in [2.45, 2.75) is 20.5 Å². The number of benzene rings is 2. The summed E-state index contributed by atoms with van der Waals surface area (Å²) in [5.41, 5.74) is 5.38. The number of nitrogens with one attached hydrogen (secondary N) is 1. The Bertz CT molecular complexity index is 1530. The molecular formula is C28H26N4O8. The van der Waals surface area contributed by atoms with Crippen LogP contribution in [0.2, 0.25) is 0 Å². The number of nitrogens with zero attached hydrogens (tertiary/aromatic N) is 3. The SMILES string of the molecule is COC(=O)COc1c(/C=N/NC(=O)c2ccc(COc3ccc(-n4c(C)ccc4C)cc3)o2)cccc1[N+](=O)[O-]. The third-order valence-corrected chi connectivity index (χ3v) is 5.79. The Labute approximate surface area is 228 Å². The molecule has 2 heterocycles. The molecule has 0 saturated heterocycles. The fraction of sp³-hybridized carbons (Fsp3) is 0.179. The second-order valence-electron chi connectivity index (χ2n) is 8.52. The number of amides is 1. The third-order valence-electron chi connectivity index (χ3n) is 5.79. The second kappa shape index (κ2) is 12.4. The molecule has 1 N–H and O–H groups in total. The van der Waals surface area contributed by atoms with E-state index in [0.717, 1.165) is 23.3 Å². The summed E-state index contributed by atoms with van der Waals surface area (Å²) in [6.45, 7) is 3.65. The number of hydrogen-bond acceptors (Lipinski definition) is 9. The zero-order valence-electron chi connectivity index (χ0n) is 22.0. The molecule has 0 unspecified atom stereocenters. The Morgan fingerprint density at radius 1 is 1.02 bits per heavy atom. The first-order valence-electron chi connectivity index (χ1n) is 12.0. The molecule has 1 amide bonds. The molecule has 0 radical (unpaired) electrons. The van der Waals surface area contributed by atoms with Crippen LogP contribution in [-0.2, 0) is 16.1 Å². The van der Waals surface area contributed by atoms with Gasteiger partial charge in [-0.05, 0) is 68.4 Å². The molecule has 4 aromatic rings. The number of nitro groups is 1. The molecule has 2 aromatic carbocycles. The predicted molar refractivity (Wildman–Crippen MR) is 144 cm³/mol. The van der Waals surface area contributed by atoms with Crippen molar-refractivity contribution in [3.63, 3.8) is 0 Å². The van der Waals surface area contributed by atoms with Gasteiger partial charge in [0.15, 0.2) is 12.4 Å². The Morgan fingerprint density at radius 2 is 1.75 bits per heavy atom. The molecule has 12 nitrogen and oxygen atoms in total. The van der Waals surface area contributed by atoms with E-state index >= 15 is 0 Å². The Balaban J connectivity index is 1.35. The number of carbonyl (C=O) groups excluding carboxylic acids is 2. The minimum atomic E-state index is -0.717. The number of aryl methyl sites for hydroxylation is 2. The highest BCUT2D eigenvalue weighted by Gasteiger charge is 2.20. The predicted octanol–water partition coefficient (Wildman–Crippen LogP) is 4.49. The van der Waals surface area contributed by atoms with Gasteiger partial charge in [0.05, 0.1) is 18.2 Å². The van der Waals surface area contributed by atoms with Gasteiger partial charge in [-0.25, -0.2) is 10.2 Å². The van der Waals surface area contributed by atoms with E-state index in [1.165, 1.54) is 31.4 Å². The van der Waals surface area contributed by atoms with Gasteiger partial charge in [-0.15, -0.1) is 0 Å². The van der Waals surface area contributed by atoms with Crippen LogP contribution >= 0.6 is 0 Å². The van der Waals surface area contributed by atoms with Crippen LogP contribution in [0.15, 0.2) is 76.2 Å². The quantitative estimate of drug-likeness (QED) is 0.125. The summed E-state index contributed by atoms with van der Waals surface area (Å²) in [6, 6.07) is 18.9. The van der Waals surface area contributed by atoms with Gasteiger partial charge in [0.2, 0.25) is 5.75 Å². The lowest BCUT2D eigenvalue weighted by Gasteiger charge is -2.10. The number of methoxy groups -OCH3 is 1. The Kier molecular flexibility index (Phi) is 8.59. The summed E-state index contributed by atoms with van der Waals surface area (Å²) in [5, 5.41) is 15.2. The molecule has 2 aromatic heterocycles. The number of para-hydroxylation sites is 1. The Morgan fingerprint density at radius 3 is 2.42 bits per heavy atom. The minimum absolute atomic E-state index is 0.00846. The average molecular weight is 547 g/mol. The number of ether oxygens (including phenoxy) is 3. The van der Waals surface area contributed by atoms with Crippen LogP contribution in [0.4, 0.5) is 5.69 Å². The van der Waals surface area contributed by atoms with Crippen molar-refractivity contribution in [3.05, 3.63) is 105 Å². The van der Waals surface area contributed by atoms with Crippen LogP contribution < -0.4 is 14.9 Å². The lowest BCUT2D eigenvalue weighted by Crippen LogP contribution is -2.17. The number of nitro benzene ring substituents is 1. The van der Waals surface area contributed by atoms with Gasteiger partial charge in [-0.2, -0.15) is 5.10 Å². The van der Waals surface area contributed by atoms with Gasteiger partial charge in [-0.3, -0.25) is 14.9 Å². The monoisotopic (exact) mass is 546 g/mol. The lowest BCUT2D eigenvalue weighted by atomic mass is 10.2. The molecule has 12 heteroatoms. The van der Waals surface area contributed by atoms with E-state index in [4.69, 9.17) is 13.9 Å². The summed E-state index contributed by atoms with van der Waals surface area (Å²) in [4.78, 5) is 34.6. The first kappa shape index (κ1) is 27.6. The van der Waals surface area contributed by atoms with E-state index < -0.39 is 23.4 Å². The van der Waals surface area contributed by atoms with Gasteiger partial charge < -0.3 is 23.2 Å². The molecule has 0 aliphatic heterocycles. The van der Waals surface area contributed by atoms with Crippen molar-refractivity contribution < 1.29 is 33.1 Å². The molecule has 206 valence electrons. The maximum absolute atomic E-state index is 12.5. The van der Waals surface area contributed by atoms with Crippen LogP contribution in [0.25, 0.3) is 5.69 Å². The van der Waals surface area contributed by atoms with Crippen molar-refractivity contribution >= 4 is 23.8 Å². The standard InChI is InChI=1S/C28H26N4O8/c1-18-7-8-19(2)31(18)21-9-11-22(12-10-21)38-16-23-13-14-25(40-23)28(34)30-29-15-20-5-4-6-24(32(35)36)27(20)39-17-26(33)37-3/h4-15H,16-17H2,1-3H3,(H,30,34)/b29-15+. The molecule has 0 aliphatic carbocycles. The summed E-state index contributed by atoms with van der Waals surface area (Å²) >= 11 is 0. The molecule has 40 heavy (non-hydrogen) atoms. The summed E-state index contributed by atoms with van der Waals surface area (Å²) in [7, 11) is 1.17. The van der Waals surface area contributed by atoms with Crippen molar-refractivity contribution in [3.8, 4) is 17.2 Å². The number of rotatable bonds is 11. The molecule has 0 saturated carbocycles. The van der Waals surface area contributed by atoms with E-state index in [2.05, 4.69) is 32.0 Å². The van der Waals surface area contributed by atoms with Gasteiger partial charge in [0.25, 0.3) is 0 Å². The van der Waals surface area contributed by atoms with E-state index in [9.17, 15) is 19.7 Å². The number of furan rings is 1. The number of hydrazone groups is 1. The van der Waals surface area contributed by atoms with E-state index in [0.29, 0.717) is 11.5 Å². The number of aromatic nitrogens is 1. The van der Waals surface area contributed by atoms with Crippen LogP contribution in [0.1, 0.15) is 33.3 Å². The molecular weight excluding hydrogens is 520 g/mol. The smallest absolute Gasteiger partial charge is 0.343 e. The molecule has 0 aliphatic rings. The van der Waals surface area contributed by atoms with Gasteiger partial charge in [0.1, 0.15) is 18.1 Å². The van der Waals surface area contributed by atoms with E-state index in [1.807, 2.05) is 38.1 Å². The molecule has 0 fully saturated rings. The highest BCUT2D eigenvalue weighted by atomic mass is 16.6. The van der Waals surface area contributed by atoms with Crippen LogP contribution in [0.5, 0.6) is 11.5 Å². The van der Waals surface area contributed by atoms with Gasteiger partial charge in [0, 0.05) is 28.7 Å². The highest BCUT2D eigenvalue weighted by molar-refractivity contribution is 5.93. The number of carbonyl (C=O) groups is 2. The maximum atomic E-state index is 12.5. The number of hydrogen-bond donors (Lipinski definition) is 1. The summed E-state index contributed by atoms with van der Waals surface area (Å²) < 4.78 is 23.2. The molecule has 0 bridgehead atoms. The normalized spacial score (nSPS) is 10.9. The summed E-state index contributed by atoms with van der Waals surface area (Å²) in [6.07, 6.45) is 1.16. The third kappa shape index (κ3) is 6.54. The Hall–Kier alpha value is -5.39. The van der Waals surface area contributed by atoms with Crippen molar-refractivity contribution in [1.82, 2.24) is 9.99 Å². The molecule has 4 rings (SSSR count). The van der Waals surface area contributed by atoms with E-state index in [1.54, 1.807) is 6.07 Å². The zero-order valence-corrected chi connectivity index (χ0v) is 22.0. The second-order valence-corrected chi connectivity index (χ2v) is 8.52. The minimum Gasteiger partial charge on any atom is -0.486 e. The van der Waals surface area contributed by atoms with Crippen molar-refractivity contribution in [2.75, 3.05) is 13.7 Å². The molecule has 0 atom stereocenters. The zero-order chi connectivity index (χ0) is 28.6. The van der Waals surface area contributed by atoms with Crippen LogP contribution in [-0.4, -0.2) is 41.3 Å². The van der Waals surface area contributed by atoms with Crippen molar-refractivity contribution in [2.24, 2.45) is 5.10 Å². The lowest BCUT2D eigenvalue weighted by molar-refractivity contribution is -0.385. The average Bonchev–Trinajstić information content (AvgIpc) is 3.57. The van der Waals surface area contributed by atoms with Crippen LogP contribution in [0, 0.1) is 24.0 Å².